The van der Waals surface area contributed by atoms with Crippen molar-refractivity contribution in [3.05, 3.63) is 23.8 Å². The molecule has 0 unspecified atom stereocenters. The molecule has 3 aliphatic rings. The lowest BCUT2D eigenvalue weighted by Gasteiger charge is -2.43. The Balaban J connectivity index is 1.47. The number of aromatic nitrogens is 2. The van der Waals surface area contributed by atoms with Gasteiger partial charge in [0.1, 0.15) is 5.54 Å². The van der Waals surface area contributed by atoms with Gasteiger partial charge in [0.05, 0.1) is 17.6 Å². The van der Waals surface area contributed by atoms with E-state index in [1.807, 2.05) is 18.2 Å². The minimum atomic E-state index is -0.805. The average molecular weight is 353 g/mol. The van der Waals surface area contributed by atoms with Crippen molar-refractivity contribution in [1.29, 1.82) is 0 Å². The van der Waals surface area contributed by atoms with Crippen LogP contribution in [-0.2, 0) is 16.1 Å². The van der Waals surface area contributed by atoms with Crippen molar-refractivity contribution in [2.24, 2.45) is 0 Å². The molecule has 3 aliphatic heterocycles. The molecule has 0 saturated carbocycles. The van der Waals surface area contributed by atoms with Crippen LogP contribution in [0.2, 0.25) is 0 Å². The Hall–Kier alpha value is -2.90. The van der Waals surface area contributed by atoms with E-state index in [0.29, 0.717) is 38.9 Å². The van der Waals surface area contributed by atoms with Crippen molar-refractivity contribution in [3.8, 4) is 0 Å². The third kappa shape index (κ3) is 2.07. The van der Waals surface area contributed by atoms with E-state index >= 15 is 0 Å². The van der Waals surface area contributed by atoms with Crippen LogP contribution in [0.4, 0.5) is 5.95 Å². The number of imidazole rings is 1. The number of aryl methyl sites for hydroxylation is 1. The lowest BCUT2D eigenvalue weighted by Crippen LogP contribution is -2.68. The van der Waals surface area contributed by atoms with E-state index in [1.165, 1.54) is 0 Å². The molecule has 8 heteroatoms. The highest BCUT2D eigenvalue weighted by molar-refractivity contribution is 6.08. The molecule has 0 radical (unpaired) electrons. The van der Waals surface area contributed by atoms with Gasteiger partial charge >= 0.3 is 0 Å². The molecule has 0 aliphatic carbocycles. The fourth-order valence-corrected chi connectivity index (χ4v) is 4.34. The predicted octanol–water partition coefficient (Wildman–Crippen LogP) is 0.208. The molecule has 26 heavy (non-hydrogen) atoms. The van der Waals surface area contributed by atoms with Crippen molar-refractivity contribution in [2.45, 2.75) is 31.3 Å². The smallest absolute Gasteiger partial charge is 0.246 e. The Morgan fingerprint density at radius 3 is 2.69 bits per heavy atom. The number of carbonyl (C=O) groups excluding carboxylic acids is 3. The molecular weight excluding hydrogens is 334 g/mol. The maximum Gasteiger partial charge on any atom is 0.246 e. The van der Waals surface area contributed by atoms with Crippen LogP contribution < -0.4 is 15.5 Å². The fraction of sp³-hybridized carbons (Fsp3) is 0.444. The largest absolute Gasteiger partial charge is 0.345 e. The zero-order chi connectivity index (χ0) is 17.9. The standard InChI is InChI=1S/C18H19N5O3/c24-13-4-7-23-15-11(13)2-1-3-12(15)20-17(23)22-8-5-18(6-9-22)16(26)19-10-14(25)21-18/h1-3H,4-10H2,(H,19,26)(H,21,25). The van der Waals surface area contributed by atoms with Crippen LogP contribution >= 0.6 is 0 Å². The van der Waals surface area contributed by atoms with Gasteiger partial charge in [0.2, 0.25) is 17.8 Å². The summed E-state index contributed by atoms with van der Waals surface area (Å²) in [5.74, 6) is 0.771. The zero-order valence-electron chi connectivity index (χ0n) is 14.2. The van der Waals surface area contributed by atoms with Gasteiger partial charge < -0.3 is 20.1 Å². The molecule has 0 bridgehead atoms. The number of amides is 2. The molecule has 0 atom stereocenters. The van der Waals surface area contributed by atoms with E-state index in [2.05, 4.69) is 20.1 Å². The van der Waals surface area contributed by atoms with Crippen LogP contribution in [0.25, 0.3) is 11.0 Å². The Labute approximate surface area is 149 Å². The Morgan fingerprint density at radius 2 is 1.88 bits per heavy atom. The summed E-state index contributed by atoms with van der Waals surface area (Å²) in [6.07, 6.45) is 1.56. The summed E-state index contributed by atoms with van der Waals surface area (Å²) >= 11 is 0. The summed E-state index contributed by atoms with van der Waals surface area (Å²) in [7, 11) is 0. The molecule has 4 heterocycles. The van der Waals surface area contributed by atoms with Crippen LogP contribution in [0.15, 0.2) is 18.2 Å². The van der Waals surface area contributed by atoms with E-state index in [9.17, 15) is 14.4 Å². The summed E-state index contributed by atoms with van der Waals surface area (Å²) in [5, 5.41) is 5.57. The van der Waals surface area contributed by atoms with Crippen molar-refractivity contribution >= 4 is 34.6 Å². The van der Waals surface area contributed by atoms with Crippen LogP contribution in [0.3, 0.4) is 0 Å². The quantitative estimate of drug-likeness (QED) is 0.764. The highest BCUT2D eigenvalue weighted by Crippen LogP contribution is 2.33. The summed E-state index contributed by atoms with van der Waals surface area (Å²) in [4.78, 5) is 43.1. The third-order valence-corrected chi connectivity index (χ3v) is 5.73. The summed E-state index contributed by atoms with van der Waals surface area (Å²) in [6, 6.07) is 5.66. The van der Waals surface area contributed by atoms with Gasteiger partial charge in [-0.3, -0.25) is 14.4 Å². The number of piperidine rings is 1. The summed E-state index contributed by atoms with van der Waals surface area (Å²) in [5.41, 5.74) is 1.66. The van der Waals surface area contributed by atoms with E-state index < -0.39 is 5.54 Å². The molecule has 2 saturated heterocycles. The summed E-state index contributed by atoms with van der Waals surface area (Å²) in [6.45, 7) is 1.93. The number of piperazine rings is 1. The molecule has 2 amide bonds. The number of para-hydroxylation sites is 1. The van der Waals surface area contributed by atoms with E-state index in [0.717, 1.165) is 22.5 Å². The normalized spacial score (nSPS) is 21.8. The van der Waals surface area contributed by atoms with Gasteiger partial charge in [-0.25, -0.2) is 4.98 Å². The molecular formula is C18H19N5O3. The van der Waals surface area contributed by atoms with Gasteiger partial charge in [-0.05, 0) is 25.0 Å². The predicted molar refractivity (Wildman–Crippen MR) is 94.0 cm³/mol. The first kappa shape index (κ1) is 15.4. The lowest BCUT2D eigenvalue weighted by atomic mass is 9.85. The first-order valence-corrected chi connectivity index (χ1v) is 8.94. The topological polar surface area (TPSA) is 96.3 Å². The maximum absolute atomic E-state index is 12.3. The number of Topliss-reactive ketones (excluding diaryl/α,β-unsaturated/α-hetero) is 1. The highest BCUT2D eigenvalue weighted by Gasteiger charge is 2.45. The minimum Gasteiger partial charge on any atom is -0.345 e. The number of nitrogens with one attached hydrogen (secondary N) is 2. The SMILES string of the molecule is O=C1CNC(=O)C2(CCN(c3nc4cccc5c4n3CCC5=O)CC2)N1. The average Bonchev–Trinajstić information content (AvgIpc) is 3.02. The van der Waals surface area contributed by atoms with Gasteiger partial charge in [-0.2, -0.15) is 0 Å². The maximum atomic E-state index is 12.3. The number of carbonyl (C=O) groups is 3. The van der Waals surface area contributed by atoms with Crippen molar-refractivity contribution < 1.29 is 14.4 Å². The van der Waals surface area contributed by atoms with Gasteiger partial charge in [0.25, 0.3) is 0 Å². The molecule has 1 spiro atoms. The van der Waals surface area contributed by atoms with Gasteiger partial charge in [-0.15, -0.1) is 0 Å². The molecule has 2 N–H and O–H groups in total. The van der Waals surface area contributed by atoms with E-state index in [1.54, 1.807) is 0 Å². The lowest BCUT2D eigenvalue weighted by molar-refractivity contribution is -0.139. The van der Waals surface area contributed by atoms with Crippen LogP contribution in [0.1, 0.15) is 29.6 Å². The Kier molecular flexibility index (Phi) is 3.13. The fourth-order valence-electron chi connectivity index (χ4n) is 4.34. The molecule has 2 aromatic rings. The number of hydrogen-bond acceptors (Lipinski definition) is 5. The van der Waals surface area contributed by atoms with E-state index in [4.69, 9.17) is 4.98 Å². The highest BCUT2D eigenvalue weighted by atomic mass is 16.2. The number of hydrogen-bond donors (Lipinski definition) is 2. The molecule has 1 aromatic heterocycles. The van der Waals surface area contributed by atoms with Crippen molar-refractivity contribution in [2.75, 3.05) is 24.5 Å². The monoisotopic (exact) mass is 353 g/mol. The molecule has 5 rings (SSSR count). The molecule has 2 fully saturated rings. The van der Waals surface area contributed by atoms with Crippen molar-refractivity contribution in [1.82, 2.24) is 20.2 Å². The number of nitrogens with zero attached hydrogens (tertiary/aromatic N) is 3. The van der Waals surface area contributed by atoms with Gasteiger partial charge in [-0.1, -0.05) is 6.07 Å². The third-order valence-electron chi connectivity index (χ3n) is 5.73. The molecule has 8 nitrogen and oxygen atoms in total. The molecule has 1 aromatic carbocycles. The minimum absolute atomic E-state index is 0.0525. The summed E-state index contributed by atoms with van der Waals surface area (Å²) < 4.78 is 2.11. The number of anilines is 1. The van der Waals surface area contributed by atoms with Crippen LogP contribution in [0.5, 0.6) is 0 Å². The van der Waals surface area contributed by atoms with Gasteiger partial charge in [0.15, 0.2) is 5.78 Å². The number of ketones is 1. The zero-order valence-corrected chi connectivity index (χ0v) is 14.2. The van der Waals surface area contributed by atoms with E-state index in [-0.39, 0.29) is 24.1 Å². The van der Waals surface area contributed by atoms with Crippen LogP contribution in [-0.4, -0.2) is 52.3 Å². The first-order chi connectivity index (χ1) is 12.6. The van der Waals surface area contributed by atoms with Gasteiger partial charge in [0, 0.05) is 31.6 Å². The Morgan fingerprint density at radius 1 is 1.08 bits per heavy atom. The number of benzene rings is 1. The Bertz CT molecular complexity index is 955. The molecule has 134 valence electrons. The first-order valence-electron chi connectivity index (χ1n) is 8.94. The second-order valence-electron chi connectivity index (χ2n) is 7.21. The second kappa shape index (κ2) is 5.30. The van der Waals surface area contributed by atoms with Crippen molar-refractivity contribution in [3.63, 3.8) is 0 Å². The second-order valence-corrected chi connectivity index (χ2v) is 7.21. The number of rotatable bonds is 1. The van der Waals surface area contributed by atoms with Crippen LogP contribution in [0, 0.1) is 0 Å².